The van der Waals surface area contributed by atoms with Crippen molar-refractivity contribution in [2.45, 2.75) is 39.8 Å². The molecule has 0 bridgehead atoms. The molecule has 0 radical (unpaired) electrons. The van der Waals surface area contributed by atoms with Crippen LogP contribution in [0.5, 0.6) is 0 Å². The number of benzene rings is 1. The molecular formula is C17H22N2O. The first kappa shape index (κ1) is 13.4. The number of fused-ring (bicyclic) bond motifs is 2. The summed E-state index contributed by atoms with van der Waals surface area (Å²) in [6.07, 6.45) is 1.49. The quantitative estimate of drug-likeness (QED) is 0.856. The van der Waals surface area contributed by atoms with Crippen molar-refractivity contribution in [3.05, 3.63) is 34.5 Å². The summed E-state index contributed by atoms with van der Waals surface area (Å²) in [5.74, 6) is 0.266. The number of rotatable bonds is 3. The zero-order chi connectivity index (χ0) is 14.4. The fourth-order valence-electron chi connectivity index (χ4n) is 3.32. The summed E-state index contributed by atoms with van der Waals surface area (Å²) in [6.45, 7) is 5.91. The van der Waals surface area contributed by atoms with Gasteiger partial charge in [0.15, 0.2) is 0 Å². The number of carbonyl (C=O) groups excluding carboxylic acids is 1. The van der Waals surface area contributed by atoms with Crippen LogP contribution in [0.25, 0.3) is 10.9 Å². The van der Waals surface area contributed by atoms with Crippen LogP contribution in [-0.2, 0) is 31.4 Å². The van der Waals surface area contributed by atoms with Gasteiger partial charge < -0.3 is 9.36 Å². The third-order valence-corrected chi connectivity index (χ3v) is 4.55. The molecule has 0 fully saturated rings. The summed E-state index contributed by atoms with van der Waals surface area (Å²) in [6, 6.07) is 4.68. The zero-order valence-corrected chi connectivity index (χ0v) is 12.8. The number of nitrogens with zero attached hydrogens (tertiary/aromatic N) is 2. The Kier molecular flexibility index (Phi) is 3.17. The van der Waals surface area contributed by atoms with E-state index in [-0.39, 0.29) is 5.78 Å². The number of hydrogen-bond acceptors (Lipinski definition) is 2. The number of hydrogen-bond donors (Lipinski definition) is 0. The van der Waals surface area contributed by atoms with Gasteiger partial charge in [-0.2, -0.15) is 0 Å². The highest BCUT2D eigenvalue weighted by atomic mass is 16.1. The molecule has 0 saturated heterocycles. The summed E-state index contributed by atoms with van der Waals surface area (Å²) >= 11 is 0. The lowest BCUT2D eigenvalue weighted by Gasteiger charge is -2.03. The molecule has 1 aliphatic rings. The van der Waals surface area contributed by atoms with Gasteiger partial charge in [0, 0.05) is 43.2 Å². The second-order valence-electron chi connectivity index (χ2n) is 6.14. The molecule has 3 rings (SSSR count). The third-order valence-electron chi connectivity index (χ3n) is 4.55. The molecule has 0 N–H and O–H groups in total. The molecule has 0 unspecified atom stereocenters. The van der Waals surface area contributed by atoms with E-state index in [2.05, 4.69) is 42.6 Å². The third kappa shape index (κ3) is 2.06. The lowest BCUT2D eigenvalue weighted by molar-refractivity contribution is -0.116. The molecule has 20 heavy (non-hydrogen) atoms. The van der Waals surface area contributed by atoms with E-state index in [9.17, 15) is 4.79 Å². The molecule has 0 amide bonds. The van der Waals surface area contributed by atoms with Crippen molar-refractivity contribution in [1.29, 1.82) is 0 Å². The lowest BCUT2D eigenvalue weighted by Crippen LogP contribution is -2.07. The Labute approximate surface area is 120 Å². The number of Topliss-reactive ketones (excluding diaryl/α,β-unsaturated/α-hetero) is 1. The molecule has 106 valence electrons. The van der Waals surface area contributed by atoms with E-state index in [1.807, 2.05) is 0 Å². The van der Waals surface area contributed by atoms with Crippen LogP contribution >= 0.6 is 0 Å². The molecule has 2 heterocycles. The van der Waals surface area contributed by atoms with E-state index in [1.54, 1.807) is 6.92 Å². The molecular weight excluding hydrogens is 248 g/mol. The van der Waals surface area contributed by atoms with E-state index >= 15 is 0 Å². The van der Waals surface area contributed by atoms with Crippen molar-refractivity contribution >= 4 is 16.7 Å². The fraction of sp³-hybridized carbons (Fsp3) is 0.471. The van der Waals surface area contributed by atoms with Crippen LogP contribution in [0, 0.1) is 6.92 Å². The largest absolute Gasteiger partial charge is 0.348 e. The van der Waals surface area contributed by atoms with Crippen LogP contribution in [-0.4, -0.2) is 22.3 Å². The number of aromatic nitrogens is 1. The highest BCUT2D eigenvalue weighted by molar-refractivity contribution is 5.88. The topological polar surface area (TPSA) is 25.2 Å². The van der Waals surface area contributed by atoms with Crippen molar-refractivity contribution in [1.82, 2.24) is 9.47 Å². The minimum atomic E-state index is 0.266. The molecule has 2 aromatic rings. The molecule has 3 heteroatoms. The first-order valence-electron chi connectivity index (χ1n) is 7.25. The predicted octanol–water partition coefficient (Wildman–Crippen LogP) is 2.95. The summed E-state index contributed by atoms with van der Waals surface area (Å²) in [5, 5.41) is 1.33. The Morgan fingerprint density at radius 3 is 2.50 bits per heavy atom. The van der Waals surface area contributed by atoms with Gasteiger partial charge >= 0.3 is 0 Å². The van der Waals surface area contributed by atoms with Gasteiger partial charge in [-0.15, -0.1) is 0 Å². The average molecular weight is 270 g/mol. The van der Waals surface area contributed by atoms with Crippen LogP contribution in [0.4, 0.5) is 0 Å². The maximum Gasteiger partial charge on any atom is 0.130 e. The van der Waals surface area contributed by atoms with Gasteiger partial charge in [-0.3, -0.25) is 4.90 Å². The average Bonchev–Trinajstić information content (AvgIpc) is 2.84. The van der Waals surface area contributed by atoms with E-state index in [0.29, 0.717) is 6.42 Å². The SMILES string of the molecule is CC(=O)CCc1c(C)n(C)c2cc3c(cc12)CN(C)C3. The molecule has 0 atom stereocenters. The summed E-state index contributed by atoms with van der Waals surface area (Å²) < 4.78 is 2.27. The molecule has 1 aliphatic heterocycles. The fourth-order valence-corrected chi connectivity index (χ4v) is 3.32. The highest BCUT2D eigenvalue weighted by Crippen LogP contribution is 2.32. The van der Waals surface area contributed by atoms with E-state index in [1.165, 1.54) is 33.3 Å². The van der Waals surface area contributed by atoms with Crippen LogP contribution in [0.2, 0.25) is 0 Å². The van der Waals surface area contributed by atoms with Crippen LogP contribution in [0.15, 0.2) is 12.1 Å². The van der Waals surface area contributed by atoms with Gasteiger partial charge in [0.2, 0.25) is 0 Å². The molecule has 1 aromatic heterocycles. The van der Waals surface area contributed by atoms with Gasteiger partial charge in [-0.1, -0.05) is 0 Å². The Bertz CT molecular complexity index is 697. The molecule has 1 aromatic carbocycles. The molecule has 0 spiro atoms. The zero-order valence-electron chi connectivity index (χ0n) is 12.8. The summed E-state index contributed by atoms with van der Waals surface area (Å²) in [7, 11) is 4.28. The first-order chi connectivity index (χ1) is 9.47. The van der Waals surface area contributed by atoms with Crippen molar-refractivity contribution in [3.63, 3.8) is 0 Å². The molecule has 0 saturated carbocycles. The Hall–Kier alpha value is -1.61. The van der Waals surface area contributed by atoms with Gasteiger partial charge in [0.1, 0.15) is 5.78 Å². The monoisotopic (exact) mass is 270 g/mol. The molecule has 0 aliphatic carbocycles. The van der Waals surface area contributed by atoms with Gasteiger partial charge in [0.05, 0.1) is 0 Å². The Morgan fingerprint density at radius 2 is 1.85 bits per heavy atom. The first-order valence-corrected chi connectivity index (χ1v) is 7.25. The summed E-state index contributed by atoms with van der Waals surface area (Å²) in [5.41, 5.74) is 6.82. The van der Waals surface area contributed by atoms with E-state index < -0.39 is 0 Å². The van der Waals surface area contributed by atoms with Crippen molar-refractivity contribution in [2.75, 3.05) is 7.05 Å². The predicted molar refractivity (Wildman–Crippen MR) is 81.8 cm³/mol. The van der Waals surface area contributed by atoms with Crippen molar-refractivity contribution < 1.29 is 4.79 Å². The van der Waals surface area contributed by atoms with Crippen molar-refractivity contribution in [2.24, 2.45) is 7.05 Å². The van der Waals surface area contributed by atoms with Gasteiger partial charge in [0.25, 0.3) is 0 Å². The van der Waals surface area contributed by atoms with Crippen molar-refractivity contribution in [3.8, 4) is 0 Å². The molecule has 3 nitrogen and oxygen atoms in total. The highest BCUT2D eigenvalue weighted by Gasteiger charge is 2.20. The van der Waals surface area contributed by atoms with Crippen LogP contribution in [0.1, 0.15) is 35.7 Å². The minimum absolute atomic E-state index is 0.266. The van der Waals surface area contributed by atoms with Gasteiger partial charge in [-0.05, 0) is 56.1 Å². The lowest BCUT2D eigenvalue weighted by atomic mass is 10.0. The van der Waals surface area contributed by atoms with E-state index in [4.69, 9.17) is 0 Å². The minimum Gasteiger partial charge on any atom is -0.348 e. The number of carbonyl (C=O) groups is 1. The smallest absolute Gasteiger partial charge is 0.130 e. The van der Waals surface area contributed by atoms with Crippen LogP contribution in [0.3, 0.4) is 0 Å². The normalized spacial score (nSPS) is 15.0. The Morgan fingerprint density at radius 1 is 1.20 bits per heavy atom. The number of aryl methyl sites for hydroxylation is 2. The number of ketones is 1. The summed E-state index contributed by atoms with van der Waals surface area (Å²) in [4.78, 5) is 13.6. The standard InChI is InChI=1S/C17H22N2O/c1-11(20)5-6-15-12(2)19(4)17-8-14-10-18(3)9-13(14)7-16(15)17/h7-8H,5-6,9-10H2,1-4H3. The second-order valence-corrected chi connectivity index (χ2v) is 6.14. The van der Waals surface area contributed by atoms with Crippen LogP contribution < -0.4 is 0 Å². The Balaban J connectivity index is 2.13. The van der Waals surface area contributed by atoms with E-state index in [0.717, 1.165) is 19.5 Å². The maximum atomic E-state index is 11.3. The maximum absolute atomic E-state index is 11.3. The van der Waals surface area contributed by atoms with Gasteiger partial charge in [-0.25, -0.2) is 0 Å². The second kappa shape index (κ2) is 4.74.